The monoisotopic (exact) mass is 294 g/mol. The van der Waals surface area contributed by atoms with Crippen LogP contribution in [0.1, 0.15) is 34.6 Å². The molecule has 0 spiro atoms. The summed E-state index contributed by atoms with van der Waals surface area (Å²) in [4.78, 5) is 12.4. The van der Waals surface area contributed by atoms with E-state index < -0.39 is 5.91 Å². The van der Waals surface area contributed by atoms with Crippen LogP contribution in [-0.4, -0.2) is 5.91 Å². The molecule has 0 bridgehead atoms. The molecule has 0 radical (unpaired) electrons. The molecule has 0 fully saturated rings. The van der Waals surface area contributed by atoms with Crippen molar-refractivity contribution < 1.29 is 4.79 Å². The van der Waals surface area contributed by atoms with Crippen LogP contribution in [0.3, 0.4) is 0 Å². The summed E-state index contributed by atoms with van der Waals surface area (Å²) in [6.07, 6.45) is 0.968. The average Bonchev–Trinajstić information content (AvgIpc) is 2.89. The molecule has 1 atom stereocenters. The van der Waals surface area contributed by atoms with Crippen molar-refractivity contribution in [2.75, 3.05) is 5.32 Å². The van der Waals surface area contributed by atoms with Crippen molar-refractivity contribution in [3.8, 4) is 0 Å². The van der Waals surface area contributed by atoms with E-state index in [1.807, 2.05) is 12.1 Å². The number of amides is 1. The highest BCUT2D eigenvalue weighted by Crippen LogP contribution is 2.28. The van der Waals surface area contributed by atoms with Gasteiger partial charge in [0, 0.05) is 10.6 Å². The third-order valence-electron chi connectivity index (χ3n) is 2.87. The normalized spacial score (nSPS) is 12.1. The Kier molecular flexibility index (Phi) is 4.45. The van der Waals surface area contributed by atoms with Gasteiger partial charge in [-0.05, 0) is 36.1 Å². The smallest absolute Gasteiger partial charge is 0.250 e. The van der Waals surface area contributed by atoms with Crippen LogP contribution >= 0.6 is 22.9 Å². The van der Waals surface area contributed by atoms with Crippen LogP contribution in [0.4, 0.5) is 5.69 Å². The second-order valence-electron chi connectivity index (χ2n) is 4.18. The zero-order valence-corrected chi connectivity index (χ0v) is 12.1. The third kappa shape index (κ3) is 3.28. The number of rotatable bonds is 5. The van der Waals surface area contributed by atoms with E-state index in [9.17, 15) is 4.79 Å². The number of thiophene rings is 1. The van der Waals surface area contributed by atoms with Crippen molar-refractivity contribution >= 4 is 34.5 Å². The minimum atomic E-state index is -0.512. The predicted molar refractivity (Wildman–Crippen MR) is 80.9 cm³/mol. The molecule has 1 heterocycles. The SMILES string of the molecule is CCC(Nc1ccc(C(N)=O)c(Cl)c1)c1cccs1. The molecule has 2 aromatic rings. The van der Waals surface area contributed by atoms with E-state index in [-0.39, 0.29) is 6.04 Å². The Balaban J connectivity index is 2.19. The Hall–Kier alpha value is -1.52. The second-order valence-corrected chi connectivity index (χ2v) is 5.57. The highest BCUT2D eigenvalue weighted by molar-refractivity contribution is 7.10. The van der Waals surface area contributed by atoms with Gasteiger partial charge in [0.1, 0.15) is 0 Å². The van der Waals surface area contributed by atoms with Crippen LogP contribution in [0.2, 0.25) is 5.02 Å². The number of carbonyl (C=O) groups excluding carboxylic acids is 1. The number of hydrogen-bond donors (Lipinski definition) is 2. The van der Waals surface area contributed by atoms with E-state index in [0.29, 0.717) is 10.6 Å². The second kappa shape index (κ2) is 6.08. The van der Waals surface area contributed by atoms with Gasteiger partial charge in [0.15, 0.2) is 0 Å². The summed E-state index contributed by atoms with van der Waals surface area (Å²) in [6.45, 7) is 2.12. The molecule has 5 heteroatoms. The van der Waals surface area contributed by atoms with E-state index in [2.05, 4.69) is 23.7 Å². The van der Waals surface area contributed by atoms with Crippen LogP contribution in [0.15, 0.2) is 35.7 Å². The molecule has 3 N–H and O–H groups in total. The number of halogens is 1. The van der Waals surface area contributed by atoms with E-state index in [0.717, 1.165) is 12.1 Å². The van der Waals surface area contributed by atoms with Crippen LogP contribution in [-0.2, 0) is 0 Å². The Bertz CT molecular complexity index is 569. The predicted octanol–water partition coefficient (Wildman–Crippen LogP) is 4.06. The zero-order valence-electron chi connectivity index (χ0n) is 10.5. The summed E-state index contributed by atoms with van der Waals surface area (Å²) in [5, 5.41) is 5.84. The first-order chi connectivity index (χ1) is 9.11. The third-order valence-corrected chi connectivity index (χ3v) is 4.17. The zero-order chi connectivity index (χ0) is 13.8. The van der Waals surface area contributed by atoms with Gasteiger partial charge in [-0.1, -0.05) is 24.6 Å². The largest absolute Gasteiger partial charge is 0.377 e. The first-order valence-electron chi connectivity index (χ1n) is 6.01. The fourth-order valence-corrected chi connectivity index (χ4v) is 3.00. The number of nitrogens with one attached hydrogen (secondary N) is 1. The number of benzene rings is 1. The Morgan fingerprint density at radius 3 is 2.79 bits per heavy atom. The van der Waals surface area contributed by atoms with Crippen LogP contribution in [0.25, 0.3) is 0 Å². The quantitative estimate of drug-likeness (QED) is 0.873. The van der Waals surface area contributed by atoms with Gasteiger partial charge in [-0.3, -0.25) is 4.79 Å². The maximum absolute atomic E-state index is 11.1. The molecule has 19 heavy (non-hydrogen) atoms. The van der Waals surface area contributed by atoms with Gasteiger partial charge in [-0.15, -0.1) is 11.3 Å². The van der Waals surface area contributed by atoms with E-state index in [1.54, 1.807) is 23.5 Å². The van der Waals surface area contributed by atoms with Crippen LogP contribution < -0.4 is 11.1 Å². The molecule has 2 rings (SSSR count). The van der Waals surface area contributed by atoms with Crippen LogP contribution in [0.5, 0.6) is 0 Å². The molecule has 0 aliphatic heterocycles. The van der Waals surface area contributed by atoms with Crippen molar-refractivity contribution in [3.63, 3.8) is 0 Å². The number of anilines is 1. The van der Waals surface area contributed by atoms with Crippen LogP contribution in [0, 0.1) is 0 Å². The first-order valence-corrected chi connectivity index (χ1v) is 7.27. The molecule has 0 saturated carbocycles. The molecule has 100 valence electrons. The molecular formula is C14H15ClN2OS. The highest BCUT2D eigenvalue weighted by atomic mass is 35.5. The van der Waals surface area contributed by atoms with Gasteiger partial charge in [-0.2, -0.15) is 0 Å². The fraction of sp³-hybridized carbons (Fsp3) is 0.214. The Labute approximate surface area is 121 Å². The lowest BCUT2D eigenvalue weighted by Crippen LogP contribution is -2.12. The number of primary amides is 1. The maximum atomic E-state index is 11.1. The maximum Gasteiger partial charge on any atom is 0.250 e. The topological polar surface area (TPSA) is 55.1 Å². The lowest BCUT2D eigenvalue weighted by molar-refractivity contribution is 0.100. The number of carbonyl (C=O) groups is 1. The molecule has 1 aromatic carbocycles. The molecule has 3 nitrogen and oxygen atoms in total. The van der Waals surface area contributed by atoms with E-state index >= 15 is 0 Å². The van der Waals surface area contributed by atoms with Crippen molar-refractivity contribution in [3.05, 3.63) is 51.2 Å². The summed E-state index contributed by atoms with van der Waals surface area (Å²) in [5.74, 6) is -0.512. The van der Waals surface area contributed by atoms with Gasteiger partial charge in [0.05, 0.1) is 16.6 Å². The summed E-state index contributed by atoms with van der Waals surface area (Å²) in [6, 6.07) is 9.59. The van der Waals surface area contributed by atoms with Gasteiger partial charge in [0.25, 0.3) is 0 Å². The molecule has 1 amide bonds. The summed E-state index contributed by atoms with van der Waals surface area (Å²) in [5.41, 5.74) is 6.46. The summed E-state index contributed by atoms with van der Waals surface area (Å²) >= 11 is 7.76. The van der Waals surface area contributed by atoms with E-state index in [4.69, 9.17) is 17.3 Å². The molecular weight excluding hydrogens is 280 g/mol. The minimum absolute atomic E-state index is 0.246. The standard InChI is InChI=1S/C14H15ClN2OS/c1-2-12(13-4-3-7-19-13)17-9-5-6-10(14(16)18)11(15)8-9/h3-8,12,17H,2H2,1H3,(H2,16,18). The van der Waals surface area contributed by atoms with Gasteiger partial charge in [0.2, 0.25) is 5.91 Å². The average molecular weight is 295 g/mol. The van der Waals surface area contributed by atoms with Crippen molar-refractivity contribution in [1.29, 1.82) is 0 Å². The van der Waals surface area contributed by atoms with E-state index in [1.165, 1.54) is 4.88 Å². The lowest BCUT2D eigenvalue weighted by atomic mass is 10.1. The Morgan fingerprint density at radius 2 is 2.26 bits per heavy atom. The number of hydrogen-bond acceptors (Lipinski definition) is 3. The molecule has 0 aliphatic carbocycles. The highest BCUT2D eigenvalue weighted by Gasteiger charge is 2.12. The van der Waals surface area contributed by atoms with Gasteiger partial charge >= 0.3 is 0 Å². The van der Waals surface area contributed by atoms with Crippen molar-refractivity contribution in [1.82, 2.24) is 0 Å². The van der Waals surface area contributed by atoms with Crippen molar-refractivity contribution in [2.45, 2.75) is 19.4 Å². The minimum Gasteiger partial charge on any atom is -0.377 e. The fourth-order valence-electron chi connectivity index (χ4n) is 1.87. The Morgan fingerprint density at radius 1 is 1.47 bits per heavy atom. The molecule has 1 aromatic heterocycles. The van der Waals surface area contributed by atoms with Gasteiger partial charge < -0.3 is 11.1 Å². The molecule has 1 unspecified atom stereocenters. The lowest BCUT2D eigenvalue weighted by Gasteiger charge is -2.17. The molecule has 0 aliphatic rings. The van der Waals surface area contributed by atoms with Crippen molar-refractivity contribution in [2.24, 2.45) is 5.73 Å². The summed E-state index contributed by atoms with van der Waals surface area (Å²) in [7, 11) is 0. The van der Waals surface area contributed by atoms with Gasteiger partial charge in [-0.25, -0.2) is 0 Å². The summed E-state index contributed by atoms with van der Waals surface area (Å²) < 4.78 is 0. The molecule has 0 saturated heterocycles. The number of nitrogens with two attached hydrogens (primary N) is 1. The first kappa shape index (κ1) is 13.9.